The fourth-order valence-electron chi connectivity index (χ4n) is 1.37. The third-order valence-corrected chi connectivity index (χ3v) is 2.49. The van der Waals surface area contributed by atoms with Crippen LogP contribution in [-0.2, 0) is 6.18 Å². The number of hydrogen-bond acceptors (Lipinski definition) is 2. The summed E-state index contributed by atoms with van der Waals surface area (Å²) in [4.78, 5) is 3.24. The average molecular weight is 272 g/mol. The Balaban J connectivity index is 2.45. The van der Waals surface area contributed by atoms with Crippen molar-refractivity contribution < 1.29 is 13.2 Å². The van der Waals surface area contributed by atoms with Gasteiger partial charge in [-0.25, -0.2) is 4.98 Å². The molecule has 3 nitrogen and oxygen atoms in total. The molecule has 0 saturated carbocycles. The van der Waals surface area contributed by atoms with Gasteiger partial charge in [-0.3, -0.25) is 4.57 Å². The van der Waals surface area contributed by atoms with Gasteiger partial charge in [-0.2, -0.15) is 18.4 Å². The lowest BCUT2D eigenvalue weighted by Gasteiger charge is -2.03. The molecule has 92 valence electrons. The van der Waals surface area contributed by atoms with E-state index < -0.39 is 11.9 Å². The number of benzene rings is 1. The summed E-state index contributed by atoms with van der Waals surface area (Å²) in [6.07, 6.45) is -3.73. The molecular weight excluding hydrogens is 267 g/mol. The quantitative estimate of drug-likeness (QED) is 0.797. The molecule has 7 heteroatoms. The second-order valence-electron chi connectivity index (χ2n) is 3.42. The van der Waals surface area contributed by atoms with E-state index in [1.165, 1.54) is 24.3 Å². The van der Waals surface area contributed by atoms with E-state index in [4.69, 9.17) is 16.9 Å². The number of alkyl halides is 3. The third kappa shape index (κ3) is 2.31. The summed E-state index contributed by atoms with van der Waals surface area (Å²) in [5.74, 6) is 0. The van der Waals surface area contributed by atoms with Crippen LogP contribution < -0.4 is 0 Å². The molecule has 1 aromatic heterocycles. The molecule has 0 aliphatic rings. The molecule has 1 heterocycles. The minimum Gasteiger partial charge on any atom is -0.290 e. The highest BCUT2D eigenvalue weighted by Crippen LogP contribution is 2.30. The minimum atomic E-state index is -4.54. The molecule has 1 aromatic carbocycles. The molecule has 2 aromatic rings. The van der Waals surface area contributed by atoms with Crippen molar-refractivity contribution in [3.8, 4) is 11.8 Å². The maximum absolute atomic E-state index is 12.4. The van der Waals surface area contributed by atoms with E-state index in [9.17, 15) is 13.2 Å². The molecule has 0 atom stereocenters. The summed E-state index contributed by atoms with van der Waals surface area (Å²) in [5.41, 5.74) is -0.245. The van der Waals surface area contributed by atoms with Crippen LogP contribution in [0, 0.1) is 11.3 Å². The number of rotatable bonds is 1. The Bertz CT molecular complexity index is 608. The van der Waals surface area contributed by atoms with Crippen LogP contribution >= 0.6 is 11.6 Å². The van der Waals surface area contributed by atoms with Crippen LogP contribution in [0.5, 0.6) is 0 Å². The van der Waals surface area contributed by atoms with Gasteiger partial charge in [0.2, 0.25) is 5.28 Å². The van der Waals surface area contributed by atoms with Crippen LogP contribution in [0.15, 0.2) is 30.5 Å². The first-order valence-electron chi connectivity index (χ1n) is 4.74. The number of nitriles is 1. The average Bonchev–Trinajstić information content (AvgIpc) is 2.71. The van der Waals surface area contributed by atoms with Gasteiger partial charge in [-0.05, 0) is 35.9 Å². The molecular formula is C11H5ClF3N3. The summed E-state index contributed by atoms with van der Waals surface area (Å²) >= 11 is 5.65. The second-order valence-corrected chi connectivity index (χ2v) is 3.76. The molecule has 0 aliphatic carbocycles. The first-order valence-corrected chi connectivity index (χ1v) is 5.12. The predicted molar refractivity (Wildman–Crippen MR) is 58.3 cm³/mol. The Labute approximate surface area is 105 Å². The molecule has 0 radical (unpaired) electrons. The zero-order valence-corrected chi connectivity index (χ0v) is 9.50. The zero-order chi connectivity index (χ0) is 13.3. The van der Waals surface area contributed by atoms with Crippen molar-refractivity contribution in [1.29, 1.82) is 5.26 Å². The van der Waals surface area contributed by atoms with Crippen molar-refractivity contribution in [3.63, 3.8) is 0 Å². The molecule has 0 saturated heterocycles. The van der Waals surface area contributed by atoms with Crippen LogP contribution in [0.25, 0.3) is 5.69 Å². The maximum atomic E-state index is 12.4. The highest BCUT2D eigenvalue weighted by atomic mass is 35.5. The van der Waals surface area contributed by atoms with Crippen molar-refractivity contribution >= 4 is 11.6 Å². The topological polar surface area (TPSA) is 41.6 Å². The van der Waals surface area contributed by atoms with Crippen LogP contribution in [0.1, 0.15) is 11.3 Å². The molecule has 0 bridgehead atoms. The van der Waals surface area contributed by atoms with Gasteiger partial charge < -0.3 is 0 Å². The highest BCUT2D eigenvalue weighted by Gasteiger charge is 2.34. The summed E-state index contributed by atoms with van der Waals surface area (Å²) < 4.78 is 38.4. The lowest BCUT2D eigenvalue weighted by atomic mass is 10.2. The standard InChI is InChI=1S/C11H5ClF3N3/c12-10-17-9(11(13,14)15)6-18(10)8-3-1-7(5-16)2-4-8/h1-4,6H. The Morgan fingerprint density at radius 1 is 1.22 bits per heavy atom. The molecule has 0 spiro atoms. The van der Waals surface area contributed by atoms with E-state index >= 15 is 0 Å². The first kappa shape index (κ1) is 12.5. The molecule has 0 N–H and O–H groups in total. The van der Waals surface area contributed by atoms with Gasteiger partial charge >= 0.3 is 6.18 Å². The van der Waals surface area contributed by atoms with Crippen LogP contribution in [0.3, 0.4) is 0 Å². The molecule has 0 unspecified atom stereocenters. The van der Waals surface area contributed by atoms with Gasteiger partial charge in [0.1, 0.15) is 0 Å². The third-order valence-electron chi connectivity index (χ3n) is 2.23. The van der Waals surface area contributed by atoms with Gasteiger partial charge in [0.25, 0.3) is 0 Å². The number of aromatic nitrogens is 2. The summed E-state index contributed by atoms with van der Waals surface area (Å²) in [5, 5.41) is 8.34. The van der Waals surface area contributed by atoms with Gasteiger partial charge in [0, 0.05) is 11.9 Å². The lowest BCUT2D eigenvalue weighted by Crippen LogP contribution is -2.04. The van der Waals surface area contributed by atoms with E-state index in [1.54, 1.807) is 0 Å². The first-order chi connectivity index (χ1) is 8.41. The Morgan fingerprint density at radius 3 is 2.28 bits per heavy atom. The normalized spacial score (nSPS) is 11.3. The Morgan fingerprint density at radius 2 is 1.83 bits per heavy atom. The number of imidazole rings is 1. The number of hydrogen-bond donors (Lipinski definition) is 0. The van der Waals surface area contributed by atoms with E-state index in [1.807, 2.05) is 6.07 Å². The van der Waals surface area contributed by atoms with Crippen molar-refractivity contribution in [2.75, 3.05) is 0 Å². The Hall–Kier alpha value is -2.00. The Kier molecular flexibility index (Phi) is 3.01. The SMILES string of the molecule is N#Cc1ccc(-n2cc(C(F)(F)F)nc2Cl)cc1. The van der Waals surface area contributed by atoms with Crippen molar-refractivity contribution in [2.24, 2.45) is 0 Å². The summed E-state index contributed by atoms with van der Waals surface area (Å²) in [6.45, 7) is 0. The molecule has 18 heavy (non-hydrogen) atoms. The fourth-order valence-corrected chi connectivity index (χ4v) is 1.61. The van der Waals surface area contributed by atoms with Crippen molar-refractivity contribution in [1.82, 2.24) is 9.55 Å². The fraction of sp³-hybridized carbons (Fsp3) is 0.0909. The van der Waals surface area contributed by atoms with E-state index in [-0.39, 0.29) is 5.28 Å². The van der Waals surface area contributed by atoms with Gasteiger partial charge in [0.15, 0.2) is 5.69 Å². The largest absolute Gasteiger partial charge is 0.434 e. The monoisotopic (exact) mass is 271 g/mol. The minimum absolute atomic E-state index is 0.285. The number of halogens is 4. The van der Waals surface area contributed by atoms with Crippen LogP contribution in [0.4, 0.5) is 13.2 Å². The lowest BCUT2D eigenvalue weighted by molar-refractivity contribution is -0.140. The molecule has 2 rings (SSSR count). The zero-order valence-electron chi connectivity index (χ0n) is 8.74. The maximum Gasteiger partial charge on any atom is 0.434 e. The van der Waals surface area contributed by atoms with Crippen LogP contribution in [0.2, 0.25) is 5.28 Å². The van der Waals surface area contributed by atoms with E-state index in [2.05, 4.69) is 4.98 Å². The molecule has 0 amide bonds. The number of nitrogens with zero attached hydrogens (tertiary/aromatic N) is 3. The van der Waals surface area contributed by atoms with E-state index in [0.29, 0.717) is 11.3 Å². The predicted octanol–water partition coefficient (Wildman–Crippen LogP) is 3.42. The van der Waals surface area contributed by atoms with Crippen molar-refractivity contribution in [3.05, 3.63) is 47.0 Å². The molecule has 0 fully saturated rings. The summed E-state index contributed by atoms with van der Waals surface area (Å²) in [7, 11) is 0. The van der Waals surface area contributed by atoms with Gasteiger partial charge in [0.05, 0.1) is 11.6 Å². The van der Waals surface area contributed by atoms with Crippen LogP contribution in [-0.4, -0.2) is 9.55 Å². The highest BCUT2D eigenvalue weighted by molar-refractivity contribution is 6.28. The van der Waals surface area contributed by atoms with Gasteiger partial charge in [-0.15, -0.1) is 0 Å². The summed E-state index contributed by atoms with van der Waals surface area (Å²) in [6, 6.07) is 7.87. The smallest absolute Gasteiger partial charge is 0.290 e. The second kappa shape index (κ2) is 4.35. The molecule has 0 aliphatic heterocycles. The van der Waals surface area contributed by atoms with E-state index in [0.717, 1.165) is 10.8 Å². The van der Waals surface area contributed by atoms with Crippen molar-refractivity contribution in [2.45, 2.75) is 6.18 Å². The van der Waals surface area contributed by atoms with Gasteiger partial charge in [-0.1, -0.05) is 0 Å².